The number of halogens is 1. The van der Waals surface area contributed by atoms with Crippen molar-refractivity contribution < 1.29 is 19.4 Å². The topological polar surface area (TPSA) is 81.8 Å². The van der Waals surface area contributed by atoms with Crippen LogP contribution in [0.3, 0.4) is 0 Å². The van der Waals surface area contributed by atoms with Gasteiger partial charge in [-0.2, -0.15) is 0 Å². The van der Waals surface area contributed by atoms with Crippen LogP contribution in [0.25, 0.3) is 0 Å². The number of aliphatic hydroxyl groups excluding tert-OH is 1. The van der Waals surface area contributed by atoms with E-state index in [1.54, 1.807) is 0 Å². The minimum Gasteiger partial charge on any atom is -0.458 e. The molecule has 1 saturated heterocycles. The number of carbonyl (C=O) groups is 1. The number of hydrogen-bond acceptors (Lipinski definition) is 5. The largest absolute Gasteiger partial charge is 0.458 e. The van der Waals surface area contributed by atoms with E-state index in [1.807, 2.05) is 0 Å². The maximum Gasteiger partial charge on any atom is 0.303 e. The summed E-state index contributed by atoms with van der Waals surface area (Å²) in [6.07, 6.45) is -2.00. The van der Waals surface area contributed by atoms with E-state index in [-0.39, 0.29) is 6.61 Å². The van der Waals surface area contributed by atoms with E-state index in [4.69, 9.17) is 31.9 Å². The highest BCUT2D eigenvalue weighted by atomic mass is 35.5. The molecule has 76 valence electrons. The molecular weight excluding hydrogens is 198 g/mol. The lowest BCUT2D eigenvalue weighted by molar-refractivity contribution is -0.150. The molecule has 0 spiro atoms. The third-order valence-corrected chi connectivity index (χ3v) is 2.30. The lowest BCUT2D eigenvalue weighted by atomic mass is 10.2. The van der Waals surface area contributed by atoms with E-state index in [2.05, 4.69) is 0 Å². The molecule has 6 heteroatoms. The van der Waals surface area contributed by atoms with Gasteiger partial charge < -0.3 is 20.3 Å². The third-order valence-electron chi connectivity index (χ3n) is 1.81. The van der Waals surface area contributed by atoms with Crippen LogP contribution in [-0.4, -0.2) is 41.5 Å². The summed E-state index contributed by atoms with van der Waals surface area (Å²) < 4.78 is 9.92. The molecule has 0 aromatic carbocycles. The number of aliphatic hydroxyl groups is 1. The molecule has 4 atom stereocenters. The molecule has 0 radical (unpaired) electrons. The fourth-order valence-corrected chi connectivity index (χ4v) is 1.50. The molecule has 0 amide bonds. The van der Waals surface area contributed by atoms with Crippen molar-refractivity contribution >= 4 is 17.6 Å². The number of nitrogens with two attached hydrogens (primary N) is 1. The van der Waals surface area contributed by atoms with Crippen molar-refractivity contribution in [2.75, 3.05) is 6.61 Å². The second-order valence-corrected chi connectivity index (χ2v) is 3.34. The van der Waals surface area contributed by atoms with Gasteiger partial charge in [0.05, 0.1) is 6.61 Å². The second kappa shape index (κ2) is 4.23. The maximum absolute atomic E-state index is 10.7. The molecule has 0 bridgehead atoms. The molecule has 0 aromatic heterocycles. The van der Waals surface area contributed by atoms with Crippen molar-refractivity contribution in [3.05, 3.63) is 0 Å². The number of carbonyl (C=O) groups excluding carboxylic acids is 1. The van der Waals surface area contributed by atoms with Crippen LogP contribution < -0.4 is 5.73 Å². The summed E-state index contributed by atoms with van der Waals surface area (Å²) in [7, 11) is 0. The monoisotopic (exact) mass is 209 g/mol. The van der Waals surface area contributed by atoms with Gasteiger partial charge in [-0.15, -0.1) is 11.6 Å². The van der Waals surface area contributed by atoms with E-state index in [0.717, 1.165) is 0 Å². The van der Waals surface area contributed by atoms with Gasteiger partial charge in [-0.05, 0) is 0 Å². The minimum absolute atomic E-state index is 0.269. The number of rotatable bonds is 2. The summed E-state index contributed by atoms with van der Waals surface area (Å²) in [6.45, 7) is 0.997. The summed E-state index contributed by atoms with van der Waals surface area (Å²) in [5.74, 6) is -0.466. The van der Waals surface area contributed by atoms with Crippen LogP contribution in [0.2, 0.25) is 0 Å². The normalized spacial score (nSPS) is 39.1. The Morgan fingerprint density at radius 1 is 1.77 bits per heavy atom. The van der Waals surface area contributed by atoms with Crippen molar-refractivity contribution in [2.24, 2.45) is 5.73 Å². The van der Waals surface area contributed by atoms with Gasteiger partial charge >= 0.3 is 5.97 Å². The first kappa shape index (κ1) is 10.7. The summed E-state index contributed by atoms with van der Waals surface area (Å²) >= 11 is 5.81. The zero-order valence-corrected chi connectivity index (χ0v) is 7.90. The highest BCUT2D eigenvalue weighted by Crippen LogP contribution is 2.25. The number of ether oxygens (including phenoxy) is 2. The Bertz CT molecular complexity index is 201. The van der Waals surface area contributed by atoms with Gasteiger partial charge in [0.25, 0.3) is 0 Å². The minimum atomic E-state index is -0.705. The van der Waals surface area contributed by atoms with Gasteiger partial charge in [0, 0.05) is 6.92 Å². The molecule has 1 unspecified atom stereocenters. The Kier molecular flexibility index (Phi) is 3.49. The second-order valence-electron chi connectivity index (χ2n) is 2.84. The van der Waals surface area contributed by atoms with Crippen molar-refractivity contribution in [1.29, 1.82) is 0 Å². The first-order valence-electron chi connectivity index (χ1n) is 3.89. The van der Waals surface area contributed by atoms with Crippen LogP contribution in [0.1, 0.15) is 6.92 Å². The summed E-state index contributed by atoms with van der Waals surface area (Å²) in [5, 5.41) is 8.24. The molecule has 1 heterocycles. The quantitative estimate of drug-likeness (QED) is 0.460. The zero-order chi connectivity index (χ0) is 10.0. The standard InChI is InChI=1S/C7H12ClNO4/c1-3(11)12-6-4(2-10)13-7(9)5(6)8/h4-7,10H,2,9H2,1H3/t4-,5+,6-,7?/m1/s1. The van der Waals surface area contributed by atoms with E-state index in [9.17, 15) is 4.79 Å². The zero-order valence-electron chi connectivity index (χ0n) is 7.14. The smallest absolute Gasteiger partial charge is 0.303 e. The van der Waals surface area contributed by atoms with Crippen LogP contribution in [0.5, 0.6) is 0 Å². The van der Waals surface area contributed by atoms with Gasteiger partial charge in [0.1, 0.15) is 17.7 Å². The van der Waals surface area contributed by atoms with Crippen LogP contribution in [-0.2, 0) is 14.3 Å². The summed E-state index contributed by atoms with van der Waals surface area (Å²) in [6, 6.07) is 0. The Labute approximate surface area is 80.7 Å². The van der Waals surface area contributed by atoms with Crippen molar-refractivity contribution in [1.82, 2.24) is 0 Å². The van der Waals surface area contributed by atoms with Gasteiger partial charge in [0.15, 0.2) is 6.10 Å². The molecule has 1 aliphatic heterocycles. The summed E-state index contributed by atoms with van der Waals surface area (Å²) in [4.78, 5) is 10.7. The number of hydrogen-bond donors (Lipinski definition) is 2. The Balaban J connectivity index is 2.62. The van der Waals surface area contributed by atoms with Crippen LogP contribution in [0, 0.1) is 0 Å². The molecule has 0 aliphatic carbocycles. The van der Waals surface area contributed by atoms with Gasteiger partial charge in [0.2, 0.25) is 0 Å². The van der Waals surface area contributed by atoms with Crippen LogP contribution >= 0.6 is 11.6 Å². The molecule has 5 nitrogen and oxygen atoms in total. The van der Waals surface area contributed by atoms with Gasteiger partial charge in [-0.25, -0.2) is 0 Å². The molecule has 3 N–H and O–H groups in total. The molecule has 13 heavy (non-hydrogen) atoms. The first-order chi connectivity index (χ1) is 6.06. The molecule has 1 aliphatic rings. The fraction of sp³-hybridized carbons (Fsp3) is 0.857. The van der Waals surface area contributed by atoms with Gasteiger partial charge in [-0.3, -0.25) is 4.79 Å². The summed E-state index contributed by atoms with van der Waals surface area (Å²) in [5.41, 5.74) is 5.45. The number of alkyl halides is 1. The average molecular weight is 210 g/mol. The molecule has 0 aromatic rings. The van der Waals surface area contributed by atoms with E-state index < -0.39 is 29.8 Å². The predicted octanol–water partition coefficient (Wildman–Crippen LogP) is -0.799. The van der Waals surface area contributed by atoms with Crippen molar-refractivity contribution in [2.45, 2.75) is 30.7 Å². The lowest BCUT2D eigenvalue weighted by Crippen LogP contribution is -2.36. The predicted molar refractivity (Wildman–Crippen MR) is 45.1 cm³/mol. The van der Waals surface area contributed by atoms with Gasteiger partial charge in [-0.1, -0.05) is 0 Å². The molecule has 1 rings (SSSR count). The molecule has 1 fully saturated rings. The van der Waals surface area contributed by atoms with Crippen LogP contribution in [0.15, 0.2) is 0 Å². The lowest BCUT2D eigenvalue weighted by Gasteiger charge is -2.17. The number of esters is 1. The average Bonchev–Trinajstić information content (AvgIpc) is 2.31. The fourth-order valence-electron chi connectivity index (χ4n) is 1.23. The highest BCUT2D eigenvalue weighted by molar-refractivity contribution is 6.21. The van der Waals surface area contributed by atoms with E-state index in [1.165, 1.54) is 6.92 Å². The molecule has 0 saturated carbocycles. The van der Waals surface area contributed by atoms with E-state index >= 15 is 0 Å². The Morgan fingerprint density at radius 2 is 2.38 bits per heavy atom. The van der Waals surface area contributed by atoms with Crippen molar-refractivity contribution in [3.63, 3.8) is 0 Å². The Morgan fingerprint density at radius 3 is 2.85 bits per heavy atom. The highest BCUT2D eigenvalue weighted by Gasteiger charge is 2.43. The van der Waals surface area contributed by atoms with E-state index in [0.29, 0.717) is 0 Å². The molecular formula is C7H12ClNO4. The Hall–Kier alpha value is -0.360. The third kappa shape index (κ3) is 2.31. The van der Waals surface area contributed by atoms with Crippen molar-refractivity contribution in [3.8, 4) is 0 Å². The SMILES string of the molecule is CC(=O)O[C@H]1[C@H](Cl)C(N)O[C@@H]1CO. The maximum atomic E-state index is 10.7. The first-order valence-corrected chi connectivity index (χ1v) is 4.33. The van der Waals surface area contributed by atoms with Crippen LogP contribution in [0.4, 0.5) is 0 Å².